The van der Waals surface area contributed by atoms with Crippen molar-refractivity contribution in [2.45, 2.75) is 19.4 Å². The van der Waals surface area contributed by atoms with Crippen LogP contribution in [0, 0.1) is 12.8 Å². The van der Waals surface area contributed by atoms with Gasteiger partial charge in [0, 0.05) is 50.9 Å². The molecule has 4 rings (SSSR count). The molecular formula is C22H25N5O2. The number of hydrogen-bond acceptors (Lipinski definition) is 6. The number of aliphatic hydroxyl groups is 1. The first-order chi connectivity index (χ1) is 13.9. The lowest BCUT2D eigenvalue weighted by molar-refractivity contribution is 0.0763. The van der Waals surface area contributed by atoms with E-state index in [0.29, 0.717) is 36.7 Å². The van der Waals surface area contributed by atoms with Crippen molar-refractivity contribution in [3.63, 3.8) is 0 Å². The van der Waals surface area contributed by atoms with Crippen LogP contribution in [0.4, 0.5) is 5.95 Å². The molecule has 3 heterocycles. The number of fused-ring (bicyclic) bond motifs is 1. The fraction of sp³-hybridized carbons (Fsp3) is 0.364. The van der Waals surface area contributed by atoms with E-state index in [4.69, 9.17) is 0 Å². The van der Waals surface area contributed by atoms with E-state index in [2.05, 4.69) is 21.0 Å². The molecule has 0 aliphatic carbocycles. The highest BCUT2D eigenvalue weighted by molar-refractivity contribution is 5.95. The first-order valence-electron chi connectivity index (χ1n) is 9.75. The van der Waals surface area contributed by atoms with Gasteiger partial charge in [0.25, 0.3) is 5.91 Å². The Bertz CT molecular complexity index is 1050. The van der Waals surface area contributed by atoms with Crippen LogP contribution in [0.2, 0.25) is 0 Å². The largest absolute Gasteiger partial charge is 0.391 e. The summed E-state index contributed by atoms with van der Waals surface area (Å²) in [7, 11) is 3.72. The van der Waals surface area contributed by atoms with Crippen molar-refractivity contribution >= 4 is 22.8 Å². The Morgan fingerprint density at radius 2 is 2.00 bits per heavy atom. The molecule has 1 aliphatic heterocycles. The van der Waals surface area contributed by atoms with E-state index in [-0.39, 0.29) is 11.8 Å². The molecule has 2 atom stereocenters. The normalized spacial score (nSPS) is 19.0. The second-order valence-corrected chi connectivity index (χ2v) is 7.79. The lowest BCUT2D eigenvalue weighted by Crippen LogP contribution is -2.30. The van der Waals surface area contributed by atoms with Crippen LogP contribution < -0.4 is 4.90 Å². The first kappa shape index (κ1) is 19.3. The molecule has 0 bridgehead atoms. The molecule has 7 nitrogen and oxygen atoms in total. The van der Waals surface area contributed by atoms with Gasteiger partial charge in [-0.15, -0.1) is 0 Å². The first-order valence-corrected chi connectivity index (χ1v) is 9.75. The number of anilines is 1. The average Bonchev–Trinajstić information content (AvgIpc) is 3.08. The number of pyridine rings is 1. The second-order valence-electron chi connectivity index (χ2n) is 7.79. The van der Waals surface area contributed by atoms with E-state index in [1.807, 2.05) is 45.3 Å². The maximum absolute atomic E-state index is 13.0. The summed E-state index contributed by atoms with van der Waals surface area (Å²) in [5.74, 6) is 0.420. The summed E-state index contributed by atoms with van der Waals surface area (Å²) < 4.78 is 0. The summed E-state index contributed by atoms with van der Waals surface area (Å²) in [6.07, 6.45) is 3.52. The molecule has 0 radical (unpaired) electrons. The number of carbonyl (C=O) groups excluding carboxylic acids is 1. The van der Waals surface area contributed by atoms with Crippen LogP contribution in [-0.2, 0) is 6.42 Å². The van der Waals surface area contributed by atoms with E-state index in [0.717, 1.165) is 16.5 Å². The van der Waals surface area contributed by atoms with Gasteiger partial charge in [0.15, 0.2) is 0 Å². The third kappa shape index (κ3) is 3.78. The zero-order valence-electron chi connectivity index (χ0n) is 16.9. The second kappa shape index (κ2) is 7.75. The Balaban J connectivity index is 1.52. The fourth-order valence-electron chi connectivity index (χ4n) is 3.89. The number of β-amino-alcohol motifs (C(OH)–C–C–N with tert-alkyl or cyclic N) is 1. The van der Waals surface area contributed by atoms with Crippen molar-refractivity contribution in [3.05, 3.63) is 59.5 Å². The maximum atomic E-state index is 13.0. The molecule has 3 aromatic rings. The zero-order chi connectivity index (χ0) is 20.5. The van der Waals surface area contributed by atoms with Gasteiger partial charge in [-0.25, -0.2) is 9.97 Å². The van der Waals surface area contributed by atoms with Gasteiger partial charge in [0.1, 0.15) is 0 Å². The maximum Gasteiger partial charge on any atom is 0.257 e. The minimum absolute atomic E-state index is 0.0213. The summed E-state index contributed by atoms with van der Waals surface area (Å²) in [5, 5.41) is 11.7. The van der Waals surface area contributed by atoms with E-state index >= 15 is 0 Å². The molecule has 0 spiro atoms. The standard InChI is InChI=1S/C22H25N5O2/c1-14-18(11-24-22(25-14)26(2)3)21(29)27-12-16(20(28)13-27)10-15-8-9-23-19-7-5-4-6-17(15)19/h4-9,11,16,20,28H,10,12-13H2,1-3H3/t16-,20+/m1/s1. The minimum Gasteiger partial charge on any atom is -0.391 e. The molecule has 29 heavy (non-hydrogen) atoms. The number of nitrogens with zero attached hydrogens (tertiary/aromatic N) is 5. The number of para-hydroxylation sites is 1. The van der Waals surface area contributed by atoms with Crippen molar-refractivity contribution in [1.29, 1.82) is 0 Å². The van der Waals surface area contributed by atoms with E-state index in [1.165, 1.54) is 0 Å². The third-order valence-electron chi connectivity index (χ3n) is 5.51. The molecule has 1 aliphatic rings. The lowest BCUT2D eigenvalue weighted by atomic mass is 9.94. The minimum atomic E-state index is -0.562. The summed E-state index contributed by atoms with van der Waals surface area (Å²) in [6, 6.07) is 10.00. The third-order valence-corrected chi connectivity index (χ3v) is 5.51. The molecule has 1 fully saturated rings. The molecular weight excluding hydrogens is 366 g/mol. The molecule has 1 aromatic carbocycles. The molecule has 2 aromatic heterocycles. The smallest absolute Gasteiger partial charge is 0.257 e. The number of hydrogen-bond donors (Lipinski definition) is 1. The van der Waals surface area contributed by atoms with Crippen LogP contribution in [-0.4, -0.2) is 64.2 Å². The van der Waals surface area contributed by atoms with Gasteiger partial charge in [-0.2, -0.15) is 0 Å². The number of benzene rings is 1. The summed E-state index contributed by atoms with van der Waals surface area (Å²) >= 11 is 0. The Morgan fingerprint density at radius 3 is 2.76 bits per heavy atom. The van der Waals surface area contributed by atoms with Gasteiger partial charge in [-0.05, 0) is 31.0 Å². The summed E-state index contributed by atoms with van der Waals surface area (Å²) in [6.45, 7) is 2.64. The molecule has 1 amide bonds. The number of amides is 1. The monoisotopic (exact) mass is 391 g/mol. The Labute approximate surface area is 170 Å². The van der Waals surface area contributed by atoms with E-state index in [9.17, 15) is 9.90 Å². The number of rotatable bonds is 4. The number of aliphatic hydroxyl groups excluding tert-OH is 1. The summed E-state index contributed by atoms with van der Waals surface area (Å²) in [4.78, 5) is 29.6. The van der Waals surface area contributed by atoms with Gasteiger partial charge in [-0.1, -0.05) is 18.2 Å². The summed E-state index contributed by atoms with van der Waals surface area (Å²) in [5.41, 5.74) is 3.22. The van der Waals surface area contributed by atoms with Crippen molar-refractivity contribution in [2.75, 3.05) is 32.1 Å². The molecule has 7 heteroatoms. The molecule has 0 unspecified atom stereocenters. The predicted molar refractivity (Wildman–Crippen MR) is 112 cm³/mol. The number of likely N-dealkylation sites (tertiary alicyclic amines) is 1. The van der Waals surface area contributed by atoms with Gasteiger partial charge in [-0.3, -0.25) is 9.78 Å². The number of aromatic nitrogens is 3. The van der Waals surface area contributed by atoms with Gasteiger partial charge in [0.05, 0.1) is 22.9 Å². The topological polar surface area (TPSA) is 82.5 Å². The Morgan fingerprint density at radius 1 is 1.21 bits per heavy atom. The van der Waals surface area contributed by atoms with Crippen molar-refractivity contribution in [1.82, 2.24) is 19.9 Å². The van der Waals surface area contributed by atoms with Crippen LogP contribution in [0.15, 0.2) is 42.7 Å². The van der Waals surface area contributed by atoms with Crippen LogP contribution in [0.1, 0.15) is 21.6 Å². The predicted octanol–water partition coefficient (Wildman–Crippen LogP) is 2.07. The van der Waals surface area contributed by atoms with Crippen molar-refractivity contribution in [3.8, 4) is 0 Å². The van der Waals surface area contributed by atoms with Crippen molar-refractivity contribution in [2.24, 2.45) is 5.92 Å². The van der Waals surface area contributed by atoms with Crippen LogP contribution in [0.25, 0.3) is 10.9 Å². The van der Waals surface area contributed by atoms with Crippen LogP contribution in [0.5, 0.6) is 0 Å². The average molecular weight is 391 g/mol. The van der Waals surface area contributed by atoms with Gasteiger partial charge in [0.2, 0.25) is 5.95 Å². The number of carbonyl (C=O) groups is 1. The molecule has 1 N–H and O–H groups in total. The quantitative estimate of drug-likeness (QED) is 0.733. The highest BCUT2D eigenvalue weighted by atomic mass is 16.3. The van der Waals surface area contributed by atoms with Gasteiger partial charge < -0.3 is 14.9 Å². The molecule has 1 saturated heterocycles. The van der Waals surface area contributed by atoms with Gasteiger partial charge >= 0.3 is 0 Å². The highest BCUT2D eigenvalue weighted by Crippen LogP contribution is 2.26. The number of aryl methyl sites for hydroxylation is 1. The highest BCUT2D eigenvalue weighted by Gasteiger charge is 2.35. The lowest BCUT2D eigenvalue weighted by Gasteiger charge is -2.18. The van der Waals surface area contributed by atoms with Crippen LogP contribution >= 0.6 is 0 Å². The Kier molecular flexibility index (Phi) is 5.15. The van der Waals surface area contributed by atoms with Crippen molar-refractivity contribution < 1.29 is 9.90 Å². The Hall–Kier alpha value is -3.06. The zero-order valence-corrected chi connectivity index (χ0v) is 16.9. The van der Waals surface area contributed by atoms with E-state index in [1.54, 1.807) is 22.2 Å². The van der Waals surface area contributed by atoms with Crippen LogP contribution in [0.3, 0.4) is 0 Å². The SMILES string of the molecule is Cc1nc(N(C)C)ncc1C(=O)N1C[C@@H](Cc2ccnc3ccccc23)[C@@H](O)C1. The van der Waals surface area contributed by atoms with E-state index < -0.39 is 6.10 Å². The molecule has 150 valence electrons. The fourth-order valence-corrected chi connectivity index (χ4v) is 3.89. The molecule has 0 saturated carbocycles.